The van der Waals surface area contributed by atoms with Gasteiger partial charge in [-0.05, 0) is 38.3 Å². The maximum Gasteiger partial charge on any atom is 0.223 e. The maximum atomic E-state index is 5.98. The Labute approximate surface area is 120 Å². The second kappa shape index (κ2) is 6.09. The molecule has 0 radical (unpaired) electrons. The van der Waals surface area contributed by atoms with Gasteiger partial charge in [-0.25, -0.2) is 4.98 Å². The molecule has 1 N–H and O–H groups in total. The first-order chi connectivity index (χ1) is 9.51. The first kappa shape index (κ1) is 14.6. The van der Waals surface area contributed by atoms with E-state index in [1.165, 1.54) is 0 Å². The van der Waals surface area contributed by atoms with E-state index in [9.17, 15) is 0 Å². The average molecular weight is 274 g/mol. The van der Waals surface area contributed by atoms with Crippen LogP contribution in [-0.4, -0.2) is 30.8 Å². The molecule has 108 valence electrons. The van der Waals surface area contributed by atoms with Gasteiger partial charge in [0.05, 0.1) is 12.0 Å². The lowest BCUT2D eigenvalue weighted by molar-refractivity contribution is 0.126. The fourth-order valence-electron chi connectivity index (χ4n) is 2.00. The number of nitrogens with zero attached hydrogens (tertiary/aromatic N) is 1. The minimum Gasteiger partial charge on any atom is -0.471 e. The summed E-state index contributed by atoms with van der Waals surface area (Å²) in [5.74, 6) is 0.663. The number of aromatic nitrogens is 1. The van der Waals surface area contributed by atoms with Gasteiger partial charge in [0.25, 0.3) is 0 Å². The number of pyridine rings is 1. The Kier molecular flexibility index (Phi) is 4.45. The quantitative estimate of drug-likeness (QED) is 0.848. The second-order valence-corrected chi connectivity index (χ2v) is 5.65. The number of rotatable bonds is 5. The number of methoxy groups -OCH3 is 1. The zero-order chi connectivity index (χ0) is 14.6. The molecule has 0 aliphatic heterocycles. The third-order valence-electron chi connectivity index (χ3n) is 2.78. The molecule has 4 heteroatoms. The van der Waals surface area contributed by atoms with E-state index < -0.39 is 0 Å². The number of hydrogen-bond acceptors (Lipinski definition) is 4. The molecule has 0 unspecified atom stereocenters. The third-order valence-corrected chi connectivity index (χ3v) is 2.78. The van der Waals surface area contributed by atoms with Crippen LogP contribution in [0.5, 0.6) is 5.88 Å². The normalized spacial score (nSPS) is 11.6. The molecule has 20 heavy (non-hydrogen) atoms. The molecule has 0 atom stereocenters. The van der Waals surface area contributed by atoms with Gasteiger partial charge in [-0.3, -0.25) is 0 Å². The Morgan fingerprint density at radius 3 is 2.70 bits per heavy atom. The first-order valence-corrected chi connectivity index (χ1v) is 6.81. The maximum absolute atomic E-state index is 5.98. The Hall–Kier alpha value is -1.81. The van der Waals surface area contributed by atoms with Crippen LogP contribution in [0.15, 0.2) is 30.5 Å². The highest BCUT2D eigenvalue weighted by Gasteiger charge is 2.16. The van der Waals surface area contributed by atoms with E-state index in [1.807, 2.05) is 39.0 Å². The molecule has 0 amide bonds. The van der Waals surface area contributed by atoms with Crippen molar-refractivity contribution in [2.45, 2.75) is 26.4 Å². The van der Waals surface area contributed by atoms with Crippen LogP contribution < -0.4 is 10.1 Å². The van der Waals surface area contributed by atoms with Crippen molar-refractivity contribution in [2.75, 3.05) is 25.6 Å². The fraction of sp³-hybridized carbons (Fsp3) is 0.438. The van der Waals surface area contributed by atoms with Gasteiger partial charge in [0.1, 0.15) is 5.60 Å². The van der Waals surface area contributed by atoms with Crippen LogP contribution in [0.3, 0.4) is 0 Å². The van der Waals surface area contributed by atoms with E-state index in [4.69, 9.17) is 9.47 Å². The highest BCUT2D eigenvalue weighted by Crippen LogP contribution is 2.32. The lowest BCUT2D eigenvalue weighted by Crippen LogP contribution is -2.23. The molecule has 0 aliphatic carbocycles. The van der Waals surface area contributed by atoms with E-state index in [0.29, 0.717) is 12.5 Å². The van der Waals surface area contributed by atoms with Gasteiger partial charge in [0, 0.05) is 25.5 Å². The van der Waals surface area contributed by atoms with Crippen molar-refractivity contribution in [3.05, 3.63) is 30.5 Å². The van der Waals surface area contributed by atoms with Crippen LogP contribution >= 0.6 is 0 Å². The minimum absolute atomic E-state index is 0.277. The molecule has 0 saturated carbocycles. The van der Waals surface area contributed by atoms with E-state index in [1.54, 1.807) is 13.3 Å². The fourth-order valence-corrected chi connectivity index (χ4v) is 2.00. The molecular formula is C16H22N2O2. The van der Waals surface area contributed by atoms with Gasteiger partial charge in [0.2, 0.25) is 5.88 Å². The van der Waals surface area contributed by atoms with Crippen molar-refractivity contribution in [3.8, 4) is 5.88 Å². The molecular weight excluding hydrogens is 252 g/mol. The average Bonchev–Trinajstić information content (AvgIpc) is 2.37. The molecule has 0 bridgehead atoms. The number of hydrogen-bond donors (Lipinski definition) is 1. The smallest absolute Gasteiger partial charge is 0.223 e. The highest BCUT2D eigenvalue weighted by molar-refractivity contribution is 5.97. The van der Waals surface area contributed by atoms with Gasteiger partial charge in [-0.2, -0.15) is 0 Å². The van der Waals surface area contributed by atoms with Crippen molar-refractivity contribution in [1.82, 2.24) is 4.98 Å². The minimum atomic E-state index is -0.277. The lowest BCUT2D eigenvalue weighted by atomic mass is 10.1. The highest BCUT2D eigenvalue weighted by atomic mass is 16.5. The summed E-state index contributed by atoms with van der Waals surface area (Å²) in [7, 11) is 1.69. The van der Waals surface area contributed by atoms with Gasteiger partial charge in [0.15, 0.2) is 0 Å². The molecule has 0 spiro atoms. The second-order valence-electron chi connectivity index (χ2n) is 5.65. The third kappa shape index (κ3) is 3.61. The van der Waals surface area contributed by atoms with Gasteiger partial charge in [-0.15, -0.1) is 0 Å². The van der Waals surface area contributed by atoms with E-state index in [0.717, 1.165) is 23.0 Å². The summed E-state index contributed by atoms with van der Waals surface area (Å²) in [4.78, 5) is 4.39. The molecule has 0 fully saturated rings. The summed E-state index contributed by atoms with van der Waals surface area (Å²) in [5.41, 5.74) is 0.743. The predicted octanol–water partition coefficient (Wildman–Crippen LogP) is 3.47. The zero-order valence-electron chi connectivity index (χ0n) is 12.6. The molecule has 2 rings (SSSR count). The van der Waals surface area contributed by atoms with E-state index >= 15 is 0 Å². The van der Waals surface area contributed by atoms with Gasteiger partial charge in [-0.1, -0.05) is 12.1 Å². The first-order valence-electron chi connectivity index (χ1n) is 6.81. The van der Waals surface area contributed by atoms with Crippen molar-refractivity contribution >= 4 is 16.5 Å². The van der Waals surface area contributed by atoms with Crippen LogP contribution in [0, 0.1) is 0 Å². The van der Waals surface area contributed by atoms with Crippen LogP contribution in [0.4, 0.5) is 5.69 Å². The number of nitrogens with one attached hydrogen (secondary N) is 1. The summed E-state index contributed by atoms with van der Waals surface area (Å²) in [6, 6.07) is 8.12. The SMILES string of the molecule is COCCNc1cccc2ccnc(OC(C)(C)C)c12. The Balaban J connectivity index is 2.41. The van der Waals surface area contributed by atoms with Crippen LogP contribution in [-0.2, 0) is 4.74 Å². The molecule has 1 aromatic heterocycles. The molecule has 1 heterocycles. The molecule has 1 aromatic carbocycles. The Bertz CT molecular complexity index is 571. The molecule has 0 saturated heterocycles. The standard InChI is InChI=1S/C16H22N2O2/c1-16(2,3)20-15-14-12(8-9-18-15)6-5-7-13(14)17-10-11-19-4/h5-9,17H,10-11H2,1-4H3. The number of anilines is 1. The number of benzene rings is 1. The lowest BCUT2D eigenvalue weighted by Gasteiger charge is -2.22. The summed E-state index contributed by atoms with van der Waals surface area (Å²) >= 11 is 0. The summed E-state index contributed by atoms with van der Waals surface area (Å²) in [6.45, 7) is 7.48. The largest absolute Gasteiger partial charge is 0.471 e. The van der Waals surface area contributed by atoms with Crippen LogP contribution in [0.1, 0.15) is 20.8 Å². The van der Waals surface area contributed by atoms with E-state index in [2.05, 4.69) is 16.4 Å². The predicted molar refractivity (Wildman–Crippen MR) is 82.5 cm³/mol. The molecule has 0 aliphatic rings. The number of fused-ring (bicyclic) bond motifs is 1. The summed E-state index contributed by atoms with van der Waals surface area (Å²) < 4.78 is 11.1. The van der Waals surface area contributed by atoms with Crippen molar-refractivity contribution in [3.63, 3.8) is 0 Å². The summed E-state index contributed by atoms with van der Waals surface area (Å²) in [5, 5.41) is 5.50. The molecule has 4 nitrogen and oxygen atoms in total. The van der Waals surface area contributed by atoms with Crippen molar-refractivity contribution in [2.24, 2.45) is 0 Å². The van der Waals surface area contributed by atoms with Crippen molar-refractivity contribution < 1.29 is 9.47 Å². The summed E-state index contributed by atoms with van der Waals surface area (Å²) in [6.07, 6.45) is 1.78. The van der Waals surface area contributed by atoms with Crippen LogP contribution in [0.25, 0.3) is 10.8 Å². The number of ether oxygens (including phenoxy) is 2. The Morgan fingerprint density at radius 2 is 2.00 bits per heavy atom. The monoisotopic (exact) mass is 274 g/mol. The van der Waals surface area contributed by atoms with Crippen molar-refractivity contribution in [1.29, 1.82) is 0 Å². The topological polar surface area (TPSA) is 43.4 Å². The van der Waals surface area contributed by atoms with Gasteiger partial charge >= 0.3 is 0 Å². The zero-order valence-corrected chi connectivity index (χ0v) is 12.6. The van der Waals surface area contributed by atoms with Gasteiger partial charge < -0.3 is 14.8 Å². The molecule has 2 aromatic rings. The van der Waals surface area contributed by atoms with Crippen LogP contribution in [0.2, 0.25) is 0 Å². The Morgan fingerprint density at radius 1 is 1.20 bits per heavy atom. The van der Waals surface area contributed by atoms with E-state index in [-0.39, 0.29) is 5.60 Å².